The predicted molar refractivity (Wildman–Crippen MR) is 89.2 cm³/mol. The fraction of sp³-hybridized carbons (Fsp3) is 0.188. The molecule has 0 heterocycles. The average molecular weight is 369 g/mol. The lowest BCUT2D eigenvalue weighted by atomic mass is 10.1. The summed E-state index contributed by atoms with van der Waals surface area (Å²) in [6.07, 6.45) is 0. The van der Waals surface area contributed by atoms with Crippen molar-refractivity contribution in [1.29, 1.82) is 0 Å². The van der Waals surface area contributed by atoms with Gasteiger partial charge in [0.25, 0.3) is 5.91 Å². The highest BCUT2D eigenvalue weighted by Gasteiger charge is 2.10. The zero-order chi connectivity index (χ0) is 15.4. The van der Waals surface area contributed by atoms with E-state index in [4.69, 9.17) is 16.3 Å². The van der Waals surface area contributed by atoms with E-state index in [1.165, 1.54) is 0 Å². The maximum absolute atomic E-state index is 11.9. The van der Waals surface area contributed by atoms with Crippen molar-refractivity contribution in [3.8, 4) is 5.75 Å². The minimum absolute atomic E-state index is 0.0642. The number of carbonyl (C=O) groups is 1. The molecular formula is C16H15BrClNO2. The molecule has 5 heteroatoms. The molecule has 3 nitrogen and oxygen atoms in total. The van der Waals surface area contributed by atoms with Crippen molar-refractivity contribution in [1.82, 2.24) is 0 Å². The number of nitrogens with one attached hydrogen (secondary N) is 1. The second-order valence-corrected chi connectivity index (χ2v) is 6.05. The fourth-order valence-corrected chi connectivity index (χ4v) is 2.56. The van der Waals surface area contributed by atoms with Gasteiger partial charge in [0.1, 0.15) is 5.75 Å². The summed E-state index contributed by atoms with van der Waals surface area (Å²) in [5, 5.41) is 3.31. The minimum atomic E-state index is -0.244. The average Bonchev–Trinajstić information content (AvgIpc) is 2.42. The standard InChI is InChI=1S/C16H15BrClNO2/c1-10-7-11(2)16(14(18)8-10)19-15(20)9-21-13-5-3-12(17)4-6-13/h3-8H,9H2,1-2H3,(H,19,20). The number of aryl methyl sites for hydroxylation is 2. The lowest BCUT2D eigenvalue weighted by Crippen LogP contribution is -2.21. The Morgan fingerprint density at radius 3 is 2.52 bits per heavy atom. The van der Waals surface area contributed by atoms with Crippen molar-refractivity contribution < 1.29 is 9.53 Å². The summed E-state index contributed by atoms with van der Waals surface area (Å²) in [4.78, 5) is 11.9. The molecule has 0 saturated carbocycles. The largest absolute Gasteiger partial charge is 0.484 e. The van der Waals surface area contributed by atoms with Gasteiger partial charge in [0.15, 0.2) is 6.61 Å². The summed E-state index contributed by atoms with van der Waals surface area (Å²) in [7, 11) is 0. The van der Waals surface area contributed by atoms with Crippen LogP contribution in [0.4, 0.5) is 5.69 Å². The third-order valence-electron chi connectivity index (χ3n) is 2.88. The highest BCUT2D eigenvalue weighted by Crippen LogP contribution is 2.27. The Labute approximate surface area is 137 Å². The van der Waals surface area contributed by atoms with Crippen molar-refractivity contribution in [2.45, 2.75) is 13.8 Å². The zero-order valence-electron chi connectivity index (χ0n) is 11.7. The maximum atomic E-state index is 11.9. The van der Waals surface area contributed by atoms with Gasteiger partial charge in [0.2, 0.25) is 0 Å². The molecule has 2 aromatic carbocycles. The van der Waals surface area contributed by atoms with Crippen molar-refractivity contribution in [3.05, 3.63) is 57.0 Å². The fourth-order valence-electron chi connectivity index (χ4n) is 1.93. The molecule has 0 unspecified atom stereocenters. The van der Waals surface area contributed by atoms with Crippen LogP contribution in [0.3, 0.4) is 0 Å². The molecule has 0 spiro atoms. The molecular weight excluding hydrogens is 354 g/mol. The normalized spacial score (nSPS) is 10.3. The molecule has 0 radical (unpaired) electrons. The first-order valence-electron chi connectivity index (χ1n) is 6.40. The number of hydrogen-bond acceptors (Lipinski definition) is 2. The van der Waals surface area contributed by atoms with Crippen molar-refractivity contribution in [2.75, 3.05) is 11.9 Å². The van der Waals surface area contributed by atoms with Crippen LogP contribution in [-0.4, -0.2) is 12.5 Å². The van der Waals surface area contributed by atoms with E-state index in [0.717, 1.165) is 15.6 Å². The van der Waals surface area contributed by atoms with Crippen molar-refractivity contribution in [2.24, 2.45) is 0 Å². The van der Waals surface area contributed by atoms with E-state index in [9.17, 15) is 4.79 Å². The first-order chi connectivity index (χ1) is 9.95. The summed E-state index contributed by atoms with van der Waals surface area (Å²) in [6.45, 7) is 3.80. The SMILES string of the molecule is Cc1cc(C)c(NC(=O)COc2ccc(Br)cc2)c(Cl)c1. The molecule has 1 N–H and O–H groups in total. The highest BCUT2D eigenvalue weighted by molar-refractivity contribution is 9.10. The molecule has 0 aliphatic heterocycles. The number of anilines is 1. The number of ether oxygens (including phenoxy) is 1. The van der Waals surface area contributed by atoms with Gasteiger partial charge < -0.3 is 10.1 Å². The molecule has 0 fully saturated rings. The molecule has 0 atom stereocenters. The van der Waals surface area contributed by atoms with Crippen LogP contribution in [0.2, 0.25) is 5.02 Å². The molecule has 0 aliphatic carbocycles. The Balaban J connectivity index is 1.97. The first-order valence-corrected chi connectivity index (χ1v) is 7.58. The van der Waals surface area contributed by atoms with Crippen molar-refractivity contribution in [3.63, 3.8) is 0 Å². The van der Waals surface area contributed by atoms with Crippen molar-refractivity contribution >= 4 is 39.1 Å². The molecule has 2 aromatic rings. The van der Waals surface area contributed by atoms with E-state index in [1.807, 2.05) is 38.1 Å². The molecule has 110 valence electrons. The Morgan fingerprint density at radius 2 is 1.90 bits per heavy atom. The van der Waals surface area contributed by atoms with Gasteiger partial charge in [0.05, 0.1) is 10.7 Å². The van der Waals surface area contributed by atoms with Crippen LogP contribution in [0.15, 0.2) is 40.9 Å². The van der Waals surface area contributed by atoms with Crippen LogP contribution in [0.25, 0.3) is 0 Å². The lowest BCUT2D eigenvalue weighted by molar-refractivity contribution is -0.118. The van der Waals surface area contributed by atoms with E-state index in [2.05, 4.69) is 21.2 Å². The quantitative estimate of drug-likeness (QED) is 0.846. The molecule has 0 aromatic heterocycles. The molecule has 0 bridgehead atoms. The van der Waals surface area contributed by atoms with Gasteiger partial charge in [-0.05, 0) is 55.3 Å². The summed E-state index contributed by atoms with van der Waals surface area (Å²) >= 11 is 9.49. The third kappa shape index (κ3) is 4.48. The van der Waals surface area contributed by atoms with E-state index in [0.29, 0.717) is 16.5 Å². The number of rotatable bonds is 4. The van der Waals surface area contributed by atoms with E-state index in [-0.39, 0.29) is 12.5 Å². The maximum Gasteiger partial charge on any atom is 0.262 e. The summed E-state index contributed by atoms with van der Waals surface area (Å²) in [5.41, 5.74) is 2.62. The highest BCUT2D eigenvalue weighted by atomic mass is 79.9. The third-order valence-corrected chi connectivity index (χ3v) is 3.71. The van der Waals surface area contributed by atoms with Gasteiger partial charge in [-0.3, -0.25) is 4.79 Å². The van der Waals surface area contributed by atoms with Crippen LogP contribution in [0.5, 0.6) is 5.75 Å². The predicted octanol–water partition coefficient (Wildman–Crippen LogP) is 4.74. The monoisotopic (exact) mass is 367 g/mol. The second-order valence-electron chi connectivity index (χ2n) is 4.73. The number of halogens is 2. The van der Waals surface area contributed by atoms with Crippen LogP contribution >= 0.6 is 27.5 Å². The molecule has 0 saturated heterocycles. The number of benzene rings is 2. The van der Waals surface area contributed by atoms with E-state index >= 15 is 0 Å². The van der Waals surface area contributed by atoms with Gasteiger partial charge in [-0.2, -0.15) is 0 Å². The lowest BCUT2D eigenvalue weighted by Gasteiger charge is -2.12. The number of hydrogen-bond donors (Lipinski definition) is 1. The Kier molecular flexibility index (Phi) is 5.26. The van der Waals surface area contributed by atoms with Crippen LogP contribution in [0, 0.1) is 13.8 Å². The number of amides is 1. The van der Waals surface area contributed by atoms with Crippen LogP contribution < -0.4 is 10.1 Å². The summed E-state index contributed by atoms with van der Waals surface area (Å²) < 4.78 is 6.38. The smallest absolute Gasteiger partial charge is 0.262 e. The van der Waals surface area contributed by atoms with Crippen LogP contribution in [0.1, 0.15) is 11.1 Å². The topological polar surface area (TPSA) is 38.3 Å². The zero-order valence-corrected chi connectivity index (χ0v) is 14.1. The summed E-state index contributed by atoms with van der Waals surface area (Å²) in [5.74, 6) is 0.395. The molecule has 1 amide bonds. The minimum Gasteiger partial charge on any atom is -0.484 e. The molecule has 21 heavy (non-hydrogen) atoms. The molecule has 0 aliphatic rings. The first kappa shape index (κ1) is 15.9. The van der Waals surface area contributed by atoms with E-state index < -0.39 is 0 Å². The Bertz CT molecular complexity index is 633. The van der Waals surface area contributed by atoms with Gasteiger partial charge >= 0.3 is 0 Å². The van der Waals surface area contributed by atoms with Gasteiger partial charge in [-0.1, -0.05) is 33.6 Å². The van der Waals surface area contributed by atoms with Crippen LogP contribution in [-0.2, 0) is 4.79 Å². The second kappa shape index (κ2) is 6.96. The Hall–Kier alpha value is -1.52. The van der Waals surface area contributed by atoms with E-state index in [1.54, 1.807) is 12.1 Å². The summed E-state index contributed by atoms with van der Waals surface area (Å²) in [6, 6.07) is 11.1. The Morgan fingerprint density at radius 1 is 1.24 bits per heavy atom. The number of carbonyl (C=O) groups excluding carboxylic acids is 1. The van der Waals surface area contributed by atoms with Gasteiger partial charge in [0, 0.05) is 4.47 Å². The van der Waals surface area contributed by atoms with Gasteiger partial charge in [-0.15, -0.1) is 0 Å². The van der Waals surface area contributed by atoms with Gasteiger partial charge in [-0.25, -0.2) is 0 Å². The molecule has 2 rings (SSSR count).